The predicted molar refractivity (Wildman–Crippen MR) is 30.8 cm³/mol. The Balaban J connectivity index is 3.17. The molecular weight excluding hydrogens is 123 g/mol. The van der Waals surface area contributed by atoms with Crippen molar-refractivity contribution < 1.29 is 4.39 Å². The van der Waals surface area contributed by atoms with Gasteiger partial charge in [0, 0.05) is 0 Å². The molecule has 0 amide bonds. The first-order valence-corrected chi connectivity index (χ1v) is 2.23. The number of hydrogen-bond donors (Lipinski definition) is 2. The molecule has 0 saturated carbocycles. The summed E-state index contributed by atoms with van der Waals surface area (Å²) < 4.78 is 12.0. The number of anilines is 2. The summed E-state index contributed by atoms with van der Waals surface area (Å²) >= 11 is 0. The molecule has 0 aliphatic heterocycles. The molecule has 0 fully saturated rings. The summed E-state index contributed by atoms with van der Waals surface area (Å²) in [6.07, 6.45) is 0.263. The minimum atomic E-state index is -0.860. The molecule has 0 aliphatic carbocycles. The van der Waals surface area contributed by atoms with Crippen LogP contribution in [-0.4, -0.2) is 9.97 Å². The van der Waals surface area contributed by atoms with Gasteiger partial charge in [0.05, 0.1) is 11.9 Å². The fraction of sp³-hybridized carbons (Fsp3) is 0. The van der Waals surface area contributed by atoms with Crippen molar-refractivity contribution in [3.05, 3.63) is 12.3 Å². The zero-order chi connectivity index (χ0) is 6.85. The standard InChI is InChI=1S/C4H5FN4/c5-4-8-1-2(6)3(7)9-4/h1H,6H2,(H2,7,8,9). The van der Waals surface area contributed by atoms with Crippen LogP contribution in [0.4, 0.5) is 15.9 Å². The molecule has 0 radical (unpaired) electrons. The fourth-order valence-electron chi connectivity index (χ4n) is 0.382. The van der Waals surface area contributed by atoms with Gasteiger partial charge < -0.3 is 11.5 Å². The van der Waals surface area contributed by atoms with Crippen LogP contribution >= 0.6 is 0 Å². The summed E-state index contributed by atoms with van der Waals surface area (Å²) in [6.45, 7) is 0. The van der Waals surface area contributed by atoms with Crippen molar-refractivity contribution in [1.82, 2.24) is 9.97 Å². The molecule has 1 aromatic heterocycles. The van der Waals surface area contributed by atoms with Crippen LogP contribution in [0, 0.1) is 6.08 Å². The van der Waals surface area contributed by atoms with Crippen molar-refractivity contribution in [2.24, 2.45) is 0 Å². The Morgan fingerprint density at radius 2 is 2.11 bits per heavy atom. The summed E-state index contributed by atoms with van der Waals surface area (Å²) in [5.74, 6) is -0.0255. The Morgan fingerprint density at radius 1 is 1.44 bits per heavy atom. The van der Waals surface area contributed by atoms with E-state index in [-0.39, 0.29) is 11.5 Å². The van der Waals surface area contributed by atoms with E-state index < -0.39 is 6.08 Å². The van der Waals surface area contributed by atoms with Crippen LogP contribution in [0.1, 0.15) is 0 Å². The molecule has 5 heteroatoms. The van der Waals surface area contributed by atoms with E-state index in [0.717, 1.165) is 6.20 Å². The maximum absolute atomic E-state index is 12.0. The van der Waals surface area contributed by atoms with Gasteiger partial charge in [0.1, 0.15) is 0 Å². The first-order chi connectivity index (χ1) is 4.20. The van der Waals surface area contributed by atoms with Gasteiger partial charge >= 0.3 is 6.08 Å². The molecule has 0 aliphatic rings. The smallest absolute Gasteiger partial charge is 0.310 e. The SMILES string of the molecule is Nc1cnc(F)nc1N. The van der Waals surface area contributed by atoms with Crippen LogP contribution in [-0.2, 0) is 0 Å². The molecule has 0 bridgehead atoms. The lowest BCUT2D eigenvalue weighted by Crippen LogP contribution is -2.00. The van der Waals surface area contributed by atoms with Gasteiger partial charge in [0.15, 0.2) is 5.82 Å². The average molecular weight is 128 g/mol. The van der Waals surface area contributed by atoms with Crippen molar-refractivity contribution in [2.75, 3.05) is 11.5 Å². The van der Waals surface area contributed by atoms with Gasteiger partial charge in [0.2, 0.25) is 0 Å². The molecule has 0 unspecified atom stereocenters. The third-order valence-electron chi connectivity index (χ3n) is 0.819. The molecule has 1 rings (SSSR count). The highest BCUT2D eigenvalue weighted by atomic mass is 19.1. The number of halogens is 1. The van der Waals surface area contributed by atoms with Crippen molar-refractivity contribution in [2.45, 2.75) is 0 Å². The van der Waals surface area contributed by atoms with E-state index in [2.05, 4.69) is 9.97 Å². The molecule has 0 saturated heterocycles. The molecule has 4 N–H and O–H groups in total. The van der Waals surface area contributed by atoms with Crippen molar-refractivity contribution in [3.63, 3.8) is 0 Å². The van der Waals surface area contributed by atoms with Crippen LogP contribution in [0.25, 0.3) is 0 Å². The minimum absolute atomic E-state index is 0.0255. The minimum Gasteiger partial charge on any atom is -0.394 e. The summed E-state index contributed by atoms with van der Waals surface area (Å²) in [7, 11) is 0. The van der Waals surface area contributed by atoms with Gasteiger partial charge in [-0.25, -0.2) is 4.98 Å². The monoisotopic (exact) mass is 128 g/mol. The maximum atomic E-state index is 12.0. The molecule has 0 aromatic carbocycles. The molecule has 4 nitrogen and oxygen atoms in total. The maximum Gasteiger partial charge on any atom is 0.310 e. The van der Waals surface area contributed by atoms with E-state index in [9.17, 15) is 4.39 Å². The van der Waals surface area contributed by atoms with E-state index in [1.54, 1.807) is 0 Å². The Bertz CT molecular complexity index is 224. The van der Waals surface area contributed by atoms with Crippen LogP contribution in [0.15, 0.2) is 6.20 Å². The second kappa shape index (κ2) is 1.85. The zero-order valence-electron chi connectivity index (χ0n) is 4.50. The van der Waals surface area contributed by atoms with Crippen LogP contribution < -0.4 is 11.5 Å². The fourth-order valence-corrected chi connectivity index (χ4v) is 0.382. The lowest BCUT2D eigenvalue weighted by Gasteiger charge is -1.94. The summed E-state index contributed by atoms with van der Waals surface area (Å²) in [5, 5.41) is 0. The van der Waals surface area contributed by atoms with Gasteiger partial charge in [-0.15, -0.1) is 0 Å². The summed E-state index contributed by atoms with van der Waals surface area (Å²) in [6, 6.07) is 0. The van der Waals surface area contributed by atoms with Gasteiger partial charge in [-0.2, -0.15) is 9.37 Å². The van der Waals surface area contributed by atoms with Crippen LogP contribution in [0.5, 0.6) is 0 Å². The lowest BCUT2D eigenvalue weighted by molar-refractivity contribution is 0.541. The van der Waals surface area contributed by atoms with Gasteiger partial charge in [-0.05, 0) is 0 Å². The normalized spacial score (nSPS) is 9.44. The third-order valence-corrected chi connectivity index (χ3v) is 0.819. The van der Waals surface area contributed by atoms with Gasteiger partial charge in [-0.1, -0.05) is 0 Å². The summed E-state index contributed by atoms with van der Waals surface area (Å²) in [4.78, 5) is 6.30. The largest absolute Gasteiger partial charge is 0.394 e. The second-order valence-electron chi connectivity index (χ2n) is 1.48. The third kappa shape index (κ3) is 1.04. The first-order valence-electron chi connectivity index (χ1n) is 2.23. The molecule has 1 heterocycles. The topological polar surface area (TPSA) is 77.8 Å². The van der Waals surface area contributed by atoms with E-state index in [0.29, 0.717) is 0 Å². The van der Waals surface area contributed by atoms with Crippen LogP contribution in [0.3, 0.4) is 0 Å². The Labute approximate surface area is 50.7 Å². The lowest BCUT2D eigenvalue weighted by atomic mass is 10.5. The number of rotatable bonds is 0. The number of nitrogen functional groups attached to an aromatic ring is 2. The molecule has 0 spiro atoms. The predicted octanol–water partition coefficient (Wildman–Crippen LogP) is -0.220. The van der Waals surface area contributed by atoms with Crippen molar-refractivity contribution in [1.29, 1.82) is 0 Å². The molecule has 1 aromatic rings. The first kappa shape index (κ1) is 5.74. The highest BCUT2D eigenvalue weighted by Crippen LogP contribution is 2.06. The van der Waals surface area contributed by atoms with E-state index >= 15 is 0 Å². The van der Waals surface area contributed by atoms with E-state index in [1.165, 1.54) is 0 Å². The second-order valence-corrected chi connectivity index (χ2v) is 1.48. The Kier molecular flexibility index (Phi) is 1.18. The van der Waals surface area contributed by atoms with Gasteiger partial charge in [0.25, 0.3) is 0 Å². The van der Waals surface area contributed by atoms with E-state index in [1.807, 2.05) is 0 Å². The number of nitrogens with zero attached hydrogens (tertiary/aromatic N) is 2. The molecule has 48 valence electrons. The number of hydrogen-bond acceptors (Lipinski definition) is 4. The number of aromatic nitrogens is 2. The Hall–Kier alpha value is -1.39. The van der Waals surface area contributed by atoms with Crippen LogP contribution in [0.2, 0.25) is 0 Å². The highest BCUT2D eigenvalue weighted by molar-refractivity contribution is 5.55. The van der Waals surface area contributed by atoms with Crippen molar-refractivity contribution in [3.8, 4) is 0 Å². The zero-order valence-corrected chi connectivity index (χ0v) is 4.50. The number of nitrogens with two attached hydrogens (primary N) is 2. The Morgan fingerprint density at radius 3 is 2.56 bits per heavy atom. The summed E-state index contributed by atoms with van der Waals surface area (Å²) in [5.41, 5.74) is 10.5. The molecule has 0 atom stereocenters. The van der Waals surface area contributed by atoms with Gasteiger partial charge in [-0.3, -0.25) is 0 Å². The average Bonchev–Trinajstić information content (AvgIpc) is 1.80. The highest BCUT2D eigenvalue weighted by Gasteiger charge is 1.96. The van der Waals surface area contributed by atoms with Crippen molar-refractivity contribution >= 4 is 11.5 Å². The molecular formula is C4H5FN4. The molecule has 9 heavy (non-hydrogen) atoms. The van der Waals surface area contributed by atoms with E-state index in [4.69, 9.17) is 11.5 Å². The quantitative estimate of drug-likeness (QED) is 0.473.